The predicted octanol–water partition coefficient (Wildman–Crippen LogP) is 8.70. The molecule has 0 bridgehead atoms. The lowest BCUT2D eigenvalue weighted by molar-refractivity contribution is 0.562. The number of hydrogen-bond donors (Lipinski definition) is 3. The topological polar surface area (TPSA) is 65.7 Å². The average Bonchev–Trinajstić information content (AvgIpc) is 3.06. The normalized spacial score (nSPS) is 13.0. The van der Waals surface area contributed by atoms with Crippen molar-refractivity contribution in [1.29, 1.82) is 0 Å². The number of benzene rings is 4. The maximum absolute atomic E-state index is 6.34. The molecule has 2 atom stereocenters. The highest BCUT2D eigenvalue weighted by molar-refractivity contribution is 6.02. The van der Waals surface area contributed by atoms with Crippen LogP contribution in [-0.4, -0.2) is 12.8 Å². The fourth-order valence-electron chi connectivity index (χ4n) is 5.36. The lowest BCUT2D eigenvalue weighted by Crippen LogP contribution is -2.39. The molecule has 5 heteroatoms. The van der Waals surface area contributed by atoms with Gasteiger partial charge in [0, 0.05) is 24.0 Å². The number of aliphatic imine (C=N–C) groups is 1. The second-order valence-electron chi connectivity index (χ2n) is 10.4. The Bertz CT molecular complexity index is 1560. The van der Waals surface area contributed by atoms with Crippen molar-refractivity contribution in [1.82, 2.24) is 10.7 Å². The predicted molar refractivity (Wildman–Crippen MR) is 184 cm³/mol. The number of aryl methyl sites for hydroxylation is 1. The van der Waals surface area contributed by atoms with Crippen LogP contribution < -0.4 is 21.5 Å². The van der Waals surface area contributed by atoms with Crippen LogP contribution in [-0.2, 0) is 0 Å². The molecule has 0 saturated heterocycles. The van der Waals surface area contributed by atoms with Gasteiger partial charge < -0.3 is 10.2 Å². The molecule has 0 heterocycles. The molecule has 0 radical (unpaired) electrons. The van der Waals surface area contributed by atoms with Crippen LogP contribution in [0.2, 0.25) is 0 Å². The molecule has 4 rings (SSSR count). The molecule has 0 aliphatic rings. The van der Waals surface area contributed by atoms with E-state index in [0.29, 0.717) is 0 Å². The van der Waals surface area contributed by atoms with E-state index in [1.807, 2.05) is 62.7 Å². The van der Waals surface area contributed by atoms with Crippen molar-refractivity contribution in [3.8, 4) is 11.1 Å². The van der Waals surface area contributed by atoms with Gasteiger partial charge in [-0.25, -0.2) is 5.43 Å². The second kappa shape index (κ2) is 15.5. The Hall–Kier alpha value is -4.71. The Labute approximate surface area is 257 Å². The van der Waals surface area contributed by atoms with Crippen molar-refractivity contribution < 1.29 is 0 Å². The zero-order valence-electron chi connectivity index (χ0n) is 25.5. The molecule has 0 aromatic heterocycles. The molecule has 0 saturated carbocycles. The summed E-state index contributed by atoms with van der Waals surface area (Å²) in [7, 11) is 1.86. The highest BCUT2D eigenvalue weighted by Crippen LogP contribution is 2.42. The molecule has 0 aliphatic carbocycles. The summed E-state index contributed by atoms with van der Waals surface area (Å²) in [5.74, 6) is 6.34. The molecule has 0 fully saturated rings. The Morgan fingerprint density at radius 2 is 1.63 bits per heavy atom. The summed E-state index contributed by atoms with van der Waals surface area (Å²) in [5, 5.41) is 3.46. The van der Waals surface area contributed by atoms with Crippen molar-refractivity contribution in [3.05, 3.63) is 157 Å². The third kappa shape index (κ3) is 7.39. The number of allylic oxidation sites excluding steroid dienone is 2. The van der Waals surface area contributed by atoms with Crippen LogP contribution >= 0.6 is 0 Å². The summed E-state index contributed by atoms with van der Waals surface area (Å²) in [5.41, 5.74) is 12.9. The summed E-state index contributed by atoms with van der Waals surface area (Å²) < 4.78 is 0. The van der Waals surface area contributed by atoms with Crippen molar-refractivity contribution >= 4 is 17.1 Å². The number of rotatable bonds is 14. The first kappa shape index (κ1) is 31.2. The fraction of sp³-hybridized carbons (Fsp3) is 0.184. The van der Waals surface area contributed by atoms with E-state index in [1.165, 1.54) is 5.56 Å². The summed E-state index contributed by atoms with van der Waals surface area (Å²) in [6, 6.07) is 33.8. The number of nitrogens with two attached hydrogens (primary N) is 1. The molecule has 0 aliphatic heterocycles. The highest BCUT2D eigenvalue weighted by Gasteiger charge is 2.26. The van der Waals surface area contributed by atoms with Gasteiger partial charge in [0.05, 0.1) is 11.7 Å². The van der Waals surface area contributed by atoms with Crippen LogP contribution in [0.5, 0.6) is 0 Å². The van der Waals surface area contributed by atoms with Crippen LogP contribution in [0.4, 0.5) is 11.4 Å². The largest absolute Gasteiger partial charge is 0.381 e. The third-order valence-electron chi connectivity index (χ3n) is 7.60. The van der Waals surface area contributed by atoms with Crippen LogP contribution in [0.1, 0.15) is 54.2 Å². The van der Waals surface area contributed by atoms with E-state index < -0.39 is 0 Å². The van der Waals surface area contributed by atoms with E-state index in [-0.39, 0.29) is 12.2 Å². The first-order valence-corrected chi connectivity index (χ1v) is 14.7. The van der Waals surface area contributed by atoms with Gasteiger partial charge >= 0.3 is 0 Å². The minimum atomic E-state index is -0.326. The van der Waals surface area contributed by atoms with Gasteiger partial charge in [0.2, 0.25) is 0 Å². The van der Waals surface area contributed by atoms with Gasteiger partial charge in [-0.15, -0.1) is 13.2 Å². The third-order valence-corrected chi connectivity index (χ3v) is 7.60. The van der Waals surface area contributed by atoms with Gasteiger partial charge in [0.1, 0.15) is 6.17 Å². The second-order valence-corrected chi connectivity index (χ2v) is 10.4. The summed E-state index contributed by atoms with van der Waals surface area (Å²) in [6.45, 7) is 12.2. The minimum absolute atomic E-state index is 0.0597. The maximum atomic E-state index is 6.34. The van der Waals surface area contributed by atoms with E-state index in [1.54, 1.807) is 0 Å². The number of nitrogens with zero attached hydrogens (tertiary/aromatic N) is 2. The molecule has 220 valence electrons. The zero-order valence-corrected chi connectivity index (χ0v) is 25.5. The lowest BCUT2D eigenvalue weighted by atomic mass is 9.91. The quantitative estimate of drug-likeness (QED) is 0.0467. The van der Waals surface area contributed by atoms with Crippen LogP contribution in [0.25, 0.3) is 11.1 Å². The molecule has 4 aromatic rings. The van der Waals surface area contributed by atoms with Gasteiger partial charge in [-0.2, -0.15) is 0 Å². The van der Waals surface area contributed by atoms with Gasteiger partial charge in [-0.3, -0.25) is 10.8 Å². The maximum Gasteiger partial charge on any atom is 0.123 e. The molecular weight excluding hydrogens is 526 g/mol. The monoisotopic (exact) mass is 569 g/mol. The molecular formula is C38H43N5. The fourth-order valence-corrected chi connectivity index (χ4v) is 5.36. The highest BCUT2D eigenvalue weighted by atomic mass is 15.4. The van der Waals surface area contributed by atoms with E-state index in [9.17, 15) is 0 Å². The Morgan fingerprint density at radius 1 is 0.907 bits per heavy atom. The first-order valence-electron chi connectivity index (χ1n) is 14.7. The van der Waals surface area contributed by atoms with E-state index >= 15 is 0 Å². The number of para-hydroxylation sites is 1. The van der Waals surface area contributed by atoms with Crippen molar-refractivity contribution in [2.24, 2.45) is 10.8 Å². The molecule has 4 aromatic carbocycles. The zero-order chi connectivity index (χ0) is 30.6. The van der Waals surface area contributed by atoms with Crippen molar-refractivity contribution in [2.45, 2.75) is 38.9 Å². The van der Waals surface area contributed by atoms with Crippen LogP contribution in [0, 0.1) is 6.92 Å². The number of hydrogen-bond acceptors (Lipinski definition) is 5. The SMILES string of the molecule is C=CCCC(=NC)c1ccc(C)c(-c2cc(C(C=C)N/C=C\C)ccc2N(c2ccccc2)C(NN)c2ccccc2)c1. The number of nitrogens with one attached hydrogen (secondary N) is 2. The molecule has 5 nitrogen and oxygen atoms in total. The van der Waals surface area contributed by atoms with Crippen LogP contribution in [0.3, 0.4) is 0 Å². The van der Waals surface area contributed by atoms with E-state index in [0.717, 1.165) is 57.7 Å². The lowest BCUT2D eigenvalue weighted by Gasteiger charge is -2.35. The van der Waals surface area contributed by atoms with Gasteiger partial charge in [0.25, 0.3) is 0 Å². The molecule has 4 N–H and O–H groups in total. The molecule has 0 amide bonds. The molecule has 0 spiro atoms. The standard InChI is InChI=1S/C38H43N5/c1-6-9-20-36(40-5)31-22-21-28(4)33(26-31)34-27-30(35(8-3)41-25-7-2)23-24-37(34)43(32-18-14-11-15-19-32)38(42-39)29-16-12-10-13-17-29/h6-8,10-19,21-27,35,38,41-42H,1,3,9,20,39H2,2,4-5H3/b25-7-,40-36?. The minimum Gasteiger partial charge on any atom is -0.381 e. The average molecular weight is 570 g/mol. The summed E-state index contributed by atoms with van der Waals surface area (Å²) in [6.07, 6.45) is 9.20. The number of anilines is 2. The summed E-state index contributed by atoms with van der Waals surface area (Å²) in [4.78, 5) is 6.91. The smallest absolute Gasteiger partial charge is 0.123 e. The molecule has 43 heavy (non-hydrogen) atoms. The van der Waals surface area contributed by atoms with Gasteiger partial charge in [-0.05, 0) is 91.0 Å². The van der Waals surface area contributed by atoms with Crippen LogP contribution in [0.15, 0.2) is 140 Å². The Balaban J connectivity index is 2.01. The van der Waals surface area contributed by atoms with Crippen molar-refractivity contribution in [3.63, 3.8) is 0 Å². The summed E-state index contributed by atoms with van der Waals surface area (Å²) >= 11 is 0. The van der Waals surface area contributed by atoms with Crippen molar-refractivity contribution in [2.75, 3.05) is 11.9 Å². The Kier molecular flexibility index (Phi) is 11.3. The molecule has 2 unspecified atom stereocenters. The number of hydrazine groups is 1. The van der Waals surface area contributed by atoms with E-state index in [2.05, 4.69) is 114 Å². The Morgan fingerprint density at radius 3 is 2.26 bits per heavy atom. The van der Waals surface area contributed by atoms with Gasteiger partial charge in [0.15, 0.2) is 0 Å². The van der Waals surface area contributed by atoms with Gasteiger partial charge in [-0.1, -0.05) is 85.0 Å². The first-order chi connectivity index (χ1) is 21.1. The van der Waals surface area contributed by atoms with E-state index in [4.69, 9.17) is 5.84 Å².